The van der Waals surface area contributed by atoms with Crippen LogP contribution in [0.5, 0.6) is 0 Å². The van der Waals surface area contributed by atoms with E-state index in [9.17, 15) is 4.79 Å². The van der Waals surface area contributed by atoms with Crippen LogP contribution in [-0.4, -0.2) is 23.1 Å². The molecule has 0 aromatic heterocycles. The number of nitrogens with one attached hydrogen (secondary N) is 1. The van der Waals surface area contributed by atoms with Gasteiger partial charge in [-0.05, 0) is 33.6 Å². The Morgan fingerprint density at radius 3 is 2.91 bits per heavy atom. The highest BCUT2D eigenvalue weighted by atomic mass is 16.4. The highest BCUT2D eigenvalue weighted by Crippen LogP contribution is 1.98. The topological polar surface area (TPSA) is 49.3 Å². The van der Waals surface area contributed by atoms with Crippen molar-refractivity contribution in [3.8, 4) is 0 Å². The molecule has 0 unspecified atom stereocenters. The molecule has 0 radical (unpaired) electrons. The fraction of sp³-hybridized carbons (Fsp3) is 0.875. The molecule has 3 heteroatoms. The fourth-order valence-electron chi connectivity index (χ4n) is 0.319. The zero-order chi connectivity index (χ0) is 14.1. The number of carboxylic acids is 1. The van der Waals surface area contributed by atoms with E-state index in [1.54, 1.807) is 20.8 Å². The van der Waals surface area contributed by atoms with E-state index in [2.05, 4.69) is 5.11 Å². The second kappa shape index (κ2) is 4.34. The lowest BCUT2D eigenvalue weighted by Gasteiger charge is -2.19. The van der Waals surface area contributed by atoms with Crippen LogP contribution in [-0.2, 0) is 4.79 Å². The molecule has 0 aliphatic carbocycles. The highest BCUT2D eigenvalue weighted by molar-refractivity contribution is 5.66. The van der Waals surface area contributed by atoms with Gasteiger partial charge in [0.1, 0.15) is 1.41 Å². The van der Waals surface area contributed by atoms with Crippen molar-refractivity contribution in [2.24, 2.45) is 0 Å². The molecular formula is C8H17NO2. The number of hydrogen-bond donors (Lipinski definition) is 2. The first-order chi connectivity index (χ1) is 7.36. The van der Waals surface area contributed by atoms with E-state index in [4.69, 9.17) is 8.33 Å². The molecule has 0 aromatic carbocycles. The van der Waals surface area contributed by atoms with Crippen molar-refractivity contribution in [1.29, 1.82) is 1.43 Å². The molecule has 0 aromatic rings. The van der Waals surface area contributed by atoms with Crippen LogP contribution in [0.1, 0.15) is 39.0 Å². The Morgan fingerprint density at radius 2 is 2.45 bits per heavy atom. The van der Waals surface area contributed by atoms with E-state index in [0.29, 0.717) is 5.31 Å². The lowest BCUT2D eigenvalue weighted by atomic mass is 10.1. The second-order valence-electron chi connectivity index (χ2n) is 3.12. The van der Waals surface area contributed by atoms with Gasteiger partial charge in [-0.3, -0.25) is 4.79 Å². The highest BCUT2D eigenvalue weighted by Gasteiger charge is 2.07. The molecule has 11 heavy (non-hydrogen) atoms. The Bertz CT molecular complexity index is 288. The number of carboxylic acid groups (broad SMARTS) is 1. The summed E-state index contributed by atoms with van der Waals surface area (Å²) in [7, 11) is 0. The first kappa shape index (κ1) is 3.90. The Kier molecular flexibility index (Phi) is 1.54. The van der Waals surface area contributed by atoms with Crippen LogP contribution in [0.25, 0.3) is 1.43 Å². The summed E-state index contributed by atoms with van der Waals surface area (Å²) >= 11 is 0. The van der Waals surface area contributed by atoms with E-state index in [1.807, 2.05) is 0 Å². The monoisotopic (exact) mass is 165 g/mol. The molecule has 0 amide bonds. The van der Waals surface area contributed by atoms with Crippen molar-refractivity contribution in [2.75, 3.05) is 6.50 Å². The van der Waals surface area contributed by atoms with Gasteiger partial charge in [0.15, 0.2) is 0 Å². The molecule has 0 saturated carbocycles. The van der Waals surface area contributed by atoms with Crippen LogP contribution in [0, 0.1) is 0 Å². The summed E-state index contributed by atoms with van der Waals surface area (Å²) in [5, 5.41) is 4.04. The summed E-state index contributed by atoms with van der Waals surface area (Å²) in [5.41, 5.74) is -0.929. The number of hydrogen-bond acceptors (Lipinski definition) is 3. The van der Waals surface area contributed by atoms with Gasteiger partial charge in [0.25, 0.3) is 1.43 Å². The van der Waals surface area contributed by atoms with Gasteiger partial charge in [-0.2, -0.15) is 0 Å². The van der Waals surface area contributed by atoms with E-state index < -0.39 is 30.8 Å². The molecule has 0 fully saturated rings. The maximum absolute atomic E-state index is 10.9. The molecule has 0 spiro atoms. The summed E-state index contributed by atoms with van der Waals surface area (Å²) in [6.07, 6.45) is -3.55. The summed E-state index contributed by atoms with van der Waals surface area (Å²) in [4.78, 5) is 10.9. The smallest absolute Gasteiger partial charge is 0.303 e. The van der Waals surface area contributed by atoms with Gasteiger partial charge in [0.2, 0.25) is 0 Å². The summed E-state index contributed by atoms with van der Waals surface area (Å²) in [6, 6.07) is 0. The van der Waals surface area contributed by atoms with Crippen LogP contribution in [0.4, 0.5) is 0 Å². The minimum atomic E-state index is -2.68. The second-order valence-corrected chi connectivity index (χ2v) is 3.12. The summed E-state index contributed by atoms with van der Waals surface area (Å²) in [6.45, 7) is 1.98. The van der Waals surface area contributed by atoms with Crippen molar-refractivity contribution in [3.05, 3.63) is 0 Å². The Labute approximate surface area is 76.4 Å². The first-order valence-electron chi connectivity index (χ1n) is 6.17. The van der Waals surface area contributed by atoms with Crippen molar-refractivity contribution < 1.29 is 16.8 Å². The molecular weight excluding hydrogens is 142 g/mol. The van der Waals surface area contributed by atoms with Crippen LogP contribution >= 0.6 is 0 Å². The molecule has 0 bridgehead atoms. The van der Waals surface area contributed by atoms with Crippen molar-refractivity contribution >= 4 is 5.97 Å². The predicted octanol–water partition coefficient (Wildman–Crippen LogP) is 1.24. The third-order valence-corrected chi connectivity index (χ3v) is 0.703. The van der Waals surface area contributed by atoms with Gasteiger partial charge in [-0.25, -0.2) is 0 Å². The zero-order valence-corrected chi connectivity index (χ0v) is 6.97. The molecule has 0 heterocycles. The predicted molar refractivity (Wildman–Crippen MR) is 44.6 cm³/mol. The van der Waals surface area contributed by atoms with E-state index in [1.165, 1.54) is 0 Å². The zero-order valence-electron chi connectivity index (χ0n) is 13.0. The quantitative estimate of drug-likeness (QED) is 0.659. The van der Waals surface area contributed by atoms with E-state index in [0.717, 1.165) is 0 Å². The van der Waals surface area contributed by atoms with Gasteiger partial charge in [-0.1, -0.05) is 0 Å². The molecule has 0 rings (SSSR count). The van der Waals surface area contributed by atoms with Gasteiger partial charge in [0.05, 0.1) is 0 Å². The Hall–Kier alpha value is -0.570. The maximum Gasteiger partial charge on any atom is 0.303 e. The average molecular weight is 165 g/mol. The Balaban J connectivity index is 5.08. The summed E-state index contributed by atoms with van der Waals surface area (Å²) in [5.74, 6) is -1.18. The normalized spacial score (nSPS) is 22.2. The third-order valence-electron chi connectivity index (χ3n) is 0.703. The fourth-order valence-corrected chi connectivity index (χ4v) is 0.319. The number of carbonyl (C=O) groups is 1. The molecule has 3 nitrogen and oxygen atoms in total. The van der Waals surface area contributed by atoms with Gasteiger partial charge < -0.3 is 10.4 Å². The first-order valence-corrected chi connectivity index (χ1v) is 3.31. The Morgan fingerprint density at radius 1 is 1.82 bits per heavy atom. The summed E-state index contributed by atoms with van der Waals surface area (Å²) < 4.78 is 44.2. The van der Waals surface area contributed by atoms with Crippen LogP contribution < -0.4 is 5.31 Å². The van der Waals surface area contributed by atoms with Crippen LogP contribution in [0.3, 0.4) is 0 Å². The molecule has 0 saturated heterocycles. The maximum atomic E-state index is 10.9. The van der Waals surface area contributed by atoms with Gasteiger partial charge >= 0.3 is 5.97 Å². The largest absolute Gasteiger partial charge is 0.481 e. The number of aliphatic carboxylic acids is 1. The lowest BCUT2D eigenvalue weighted by Crippen LogP contribution is -2.36. The van der Waals surface area contributed by atoms with Crippen molar-refractivity contribution in [3.63, 3.8) is 0 Å². The van der Waals surface area contributed by atoms with Crippen LogP contribution in [0.15, 0.2) is 0 Å². The van der Waals surface area contributed by atoms with Crippen molar-refractivity contribution in [2.45, 2.75) is 39.1 Å². The SMILES string of the molecule is [2H]OC(=O)CC([2H])([2H])C([2H])([2H])N([2H])C(C)(C)C. The molecule has 0 atom stereocenters. The van der Waals surface area contributed by atoms with Crippen LogP contribution in [0.2, 0.25) is 1.41 Å². The minimum Gasteiger partial charge on any atom is -0.481 e. The molecule has 0 aliphatic heterocycles. The third kappa shape index (κ3) is 9.43. The number of rotatable bonds is 4. The van der Waals surface area contributed by atoms with E-state index in [-0.39, 0.29) is 0 Å². The molecule has 66 valence electrons. The molecule has 2 N–H and O–H groups in total. The minimum absolute atomic E-state index is 0.469. The van der Waals surface area contributed by atoms with Gasteiger partial charge in [-0.15, -0.1) is 0 Å². The standard InChI is InChI=1S/C8H17NO2/c1-8(2,3)9-6-4-5-7(10)11/h9H,4-6H2,1-3H3,(H,10,11)/i4D2,6D2/hD2. The van der Waals surface area contributed by atoms with Crippen molar-refractivity contribution in [1.82, 2.24) is 5.31 Å². The van der Waals surface area contributed by atoms with E-state index >= 15 is 0 Å². The van der Waals surface area contributed by atoms with Gasteiger partial charge in [0, 0.05) is 17.4 Å². The lowest BCUT2D eigenvalue weighted by molar-refractivity contribution is -0.137. The average Bonchev–Trinajstić information content (AvgIpc) is 2.13. The molecule has 0 aliphatic rings.